The van der Waals surface area contributed by atoms with Crippen LogP contribution in [0.15, 0.2) is 28.7 Å². The van der Waals surface area contributed by atoms with E-state index in [0.717, 1.165) is 4.47 Å². The van der Waals surface area contributed by atoms with Gasteiger partial charge in [0.2, 0.25) is 0 Å². The first-order chi connectivity index (χ1) is 8.10. The van der Waals surface area contributed by atoms with Gasteiger partial charge in [0.05, 0.1) is 25.2 Å². The number of hydrogen-bond donors (Lipinski definition) is 1. The van der Waals surface area contributed by atoms with Crippen molar-refractivity contribution in [1.82, 2.24) is 4.90 Å². The minimum absolute atomic E-state index is 0.150. The number of aliphatic hydroxyl groups excluding tert-OH is 1. The summed E-state index contributed by atoms with van der Waals surface area (Å²) in [6.07, 6.45) is 0. The van der Waals surface area contributed by atoms with Gasteiger partial charge in [-0.3, -0.25) is 0 Å². The molecule has 0 radical (unpaired) electrons. The number of aliphatic hydroxyl groups is 1. The van der Waals surface area contributed by atoms with Crippen LogP contribution in [0.5, 0.6) is 0 Å². The van der Waals surface area contributed by atoms with Crippen molar-refractivity contribution in [3.63, 3.8) is 0 Å². The maximum atomic E-state index is 9.69. The molecular weight excluding hydrogens is 282 g/mol. The van der Waals surface area contributed by atoms with E-state index in [9.17, 15) is 5.11 Å². The molecule has 0 spiro atoms. The highest BCUT2D eigenvalue weighted by molar-refractivity contribution is 9.10. The van der Waals surface area contributed by atoms with E-state index in [2.05, 4.69) is 26.9 Å². The lowest BCUT2D eigenvalue weighted by atomic mass is 9.75. The van der Waals surface area contributed by atoms with E-state index in [1.165, 1.54) is 5.56 Å². The third-order valence-corrected chi connectivity index (χ3v) is 4.11. The average molecular weight is 300 g/mol. The summed E-state index contributed by atoms with van der Waals surface area (Å²) >= 11 is 3.59. The minimum atomic E-state index is -0.173. The van der Waals surface area contributed by atoms with E-state index < -0.39 is 0 Å². The summed E-state index contributed by atoms with van der Waals surface area (Å²) in [4.78, 5) is 2.15. The Morgan fingerprint density at radius 1 is 1.41 bits per heavy atom. The molecule has 0 saturated carbocycles. The third-order valence-electron chi connectivity index (χ3n) is 3.39. The van der Waals surface area contributed by atoms with Gasteiger partial charge in [0, 0.05) is 10.5 Å². The van der Waals surface area contributed by atoms with Crippen molar-refractivity contribution < 1.29 is 9.84 Å². The lowest BCUT2D eigenvalue weighted by Crippen LogP contribution is -2.54. The number of hydrogen-bond acceptors (Lipinski definition) is 3. The van der Waals surface area contributed by atoms with Gasteiger partial charge in [-0.1, -0.05) is 34.1 Å². The summed E-state index contributed by atoms with van der Waals surface area (Å²) in [5, 5.41) is 9.69. The van der Waals surface area contributed by atoms with Crippen LogP contribution in [0.4, 0.5) is 0 Å². The van der Waals surface area contributed by atoms with E-state index >= 15 is 0 Å². The molecule has 4 heteroatoms. The molecule has 1 saturated heterocycles. The first-order valence-electron chi connectivity index (χ1n) is 5.70. The van der Waals surface area contributed by atoms with Crippen LogP contribution in [-0.4, -0.2) is 43.9 Å². The topological polar surface area (TPSA) is 32.7 Å². The van der Waals surface area contributed by atoms with Crippen LogP contribution in [-0.2, 0) is 4.74 Å². The van der Waals surface area contributed by atoms with Crippen LogP contribution in [0.2, 0.25) is 0 Å². The molecule has 94 valence electrons. The van der Waals surface area contributed by atoms with Gasteiger partial charge in [0.15, 0.2) is 0 Å². The van der Waals surface area contributed by atoms with Crippen LogP contribution >= 0.6 is 15.9 Å². The highest BCUT2D eigenvalue weighted by Gasteiger charge is 2.47. The quantitative estimate of drug-likeness (QED) is 0.924. The van der Waals surface area contributed by atoms with Crippen LogP contribution in [0, 0.1) is 5.41 Å². The van der Waals surface area contributed by atoms with Gasteiger partial charge in [-0.15, -0.1) is 0 Å². The van der Waals surface area contributed by atoms with Gasteiger partial charge in [-0.2, -0.15) is 0 Å². The standard InChI is InChI=1S/C13H18BrNO2/c1-15(2)12(13(7-16)8-17-9-13)10-5-3-4-6-11(10)14/h3-6,12,16H,7-9H2,1-2H3. The fourth-order valence-electron chi connectivity index (χ4n) is 2.55. The maximum absolute atomic E-state index is 9.69. The molecule has 1 unspecified atom stereocenters. The summed E-state index contributed by atoms with van der Waals surface area (Å²) in [6, 6.07) is 8.34. The molecule has 1 aromatic carbocycles. The van der Waals surface area contributed by atoms with Crippen LogP contribution in [0.3, 0.4) is 0 Å². The number of nitrogens with zero attached hydrogens (tertiary/aromatic N) is 1. The second-order valence-electron chi connectivity index (χ2n) is 4.90. The molecule has 1 fully saturated rings. The Morgan fingerprint density at radius 3 is 2.47 bits per heavy atom. The van der Waals surface area contributed by atoms with E-state index in [0.29, 0.717) is 13.2 Å². The van der Waals surface area contributed by atoms with Gasteiger partial charge in [-0.05, 0) is 25.7 Å². The monoisotopic (exact) mass is 299 g/mol. The Morgan fingerprint density at radius 2 is 2.06 bits per heavy atom. The molecule has 1 aliphatic heterocycles. The smallest absolute Gasteiger partial charge is 0.0598 e. The van der Waals surface area contributed by atoms with Gasteiger partial charge < -0.3 is 14.7 Å². The molecule has 1 heterocycles. The Labute approximate surface area is 111 Å². The molecule has 1 N–H and O–H groups in total. The average Bonchev–Trinajstić information content (AvgIpc) is 2.24. The number of rotatable bonds is 4. The lowest BCUT2D eigenvalue weighted by Gasteiger charge is -2.48. The van der Waals surface area contributed by atoms with E-state index in [-0.39, 0.29) is 18.1 Å². The van der Waals surface area contributed by atoms with Crippen LogP contribution in [0.1, 0.15) is 11.6 Å². The van der Waals surface area contributed by atoms with Gasteiger partial charge in [-0.25, -0.2) is 0 Å². The van der Waals surface area contributed by atoms with Crippen molar-refractivity contribution in [3.05, 3.63) is 34.3 Å². The second kappa shape index (κ2) is 5.06. The van der Waals surface area contributed by atoms with E-state index in [1.807, 2.05) is 32.3 Å². The van der Waals surface area contributed by atoms with Gasteiger partial charge in [0.1, 0.15) is 0 Å². The number of ether oxygens (including phenoxy) is 1. The predicted octanol–water partition coefficient (Wildman–Crippen LogP) is 2.06. The normalized spacial score (nSPS) is 20.1. The molecule has 0 amide bonds. The summed E-state index contributed by atoms with van der Waals surface area (Å²) < 4.78 is 6.40. The Balaban J connectivity index is 2.39. The van der Waals surface area contributed by atoms with Crippen molar-refractivity contribution in [2.75, 3.05) is 33.9 Å². The van der Waals surface area contributed by atoms with Crippen molar-refractivity contribution in [2.24, 2.45) is 5.41 Å². The van der Waals surface area contributed by atoms with E-state index in [4.69, 9.17) is 4.74 Å². The largest absolute Gasteiger partial charge is 0.396 e. The zero-order chi connectivity index (χ0) is 12.5. The van der Waals surface area contributed by atoms with Crippen molar-refractivity contribution in [1.29, 1.82) is 0 Å². The van der Waals surface area contributed by atoms with E-state index in [1.54, 1.807) is 0 Å². The number of halogens is 1. The van der Waals surface area contributed by atoms with Crippen molar-refractivity contribution >= 4 is 15.9 Å². The molecule has 17 heavy (non-hydrogen) atoms. The zero-order valence-electron chi connectivity index (χ0n) is 10.2. The first-order valence-corrected chi connectivity index (χ1v) is 6.49. The molecule has 0 aromatic heterocycles. The lowest BCUT2D eigenvalue weighted by molar-refractivity contribution is -0.172. The summed E-state index contributed by atoms with van der Waals surface area (Å²) in [5.74, 6) is 0. The predicted molar refractivity (Wildman–Crippen MR) is 70.9 cm³/mol. The van der Waals surface area contributed by atoms with Gasteiger partial charge in [0.25, 0.3) is 0 Å². The van der Waals surface area contributed by atoms with Crippen LogP contribution in [0.25, 0.3) is 0 Å². The summed E-state index contributed by atoms with van der Waals surface area (Å²) in [6.45, 7) is 1.39. The summed E-state index contributed by atoms with van der Waals surface area (Å²) in [5.41, 5.74) is 1.03. The Kier molecular flexibility index (Phi) is 3.88. The second-order valence-corrected chi connectivity index (χ2v) is 5.76. The third kappa shape index (κ3) is 2.27. The zero-order valence-corrected chi connectivity index (χ0v) is 11.8. The molecule has 0 bridgehead atoms. The van der Waals surface area contributed by atoms with Crippen LogP contribution < -0.4 is 0 Å². The molecule has 1 atom stereocenters. The number of benzene rings is 1. The SMILES string of the molecule is CN(C)C(c1ccccc1Br)C1(CO)COC1. The molecule has 3 nitrogen and oxygen atoms in total. The highest BCUT2D eigenvalue weighted by atomic mass is 79.9. The highest BCUT2D eigenvalue weighted by Crippen LogP contribution is 2.44. The fourth-order valence-corrected chi connectivity index (χ4v) is 3.05. The maximum Gasteiger partial charge on any atom is 0.0598 e. The molecule has 0 aliphatic carbocycles. The first kappa shape index (κ1) is 13.0. The molecule has 2 rings (SSSR count). The summed E-state index contributed by atoms with van der Waals surface area (Å²) in [7, 11) is 4.08. The fraction of sp³-hybridized carbons (Fsp3) is 0.538. The Bertz CT molecular complexity index is 385. The Hall–Kier alpha value is -0.420. The molecule has 1 aliphatic rings. The van der Waals surface area contributed by atoms with Gasteiger partial charge >= 0.3 is 0 Å². The van der Waals surface area contributed by atoms with Crippen molar-refractivity contribution in [3.8, 4) is 0 Å². The van der Waals surface area contributed by atoms with Crippen molar-refractivity contribution in [2.45, 2.75) is 6.04 Å². The molecule has 1 aromatic rings. The minimum Gasteiger partial charge on any atom is -0.396 e. The molecular formula is C13H18BrNO2.